The minimum Gasteiger partial charge on any atom is -0.469 e. The predicted octanol–water partition coefficient (Wildman–Crippen LogP) is 1.12. The molecule has 13 heavy (non-hydrogen) atoms. The van der Waals surface area contributed by atoms with Crippen LogP contribution in [0.4, 0.5) is 0 Å². The van der Waals surface area contributed by atoms with Gasteiger partial charge >= 0.3 is 11.9 Å². The molecule has 5 heteroatoms. The zero-order chi connectivity index (χ0) is 10.4. The number of halogens is 1. The Hall–Kier alpha value is -0.580. The molecule has 0 spiro atoms. The van der Waals surface area contributed by atoms with Crippen LogP contribution < -0.4 is 0 Å². The van der Waals surface area contributed by atoms with Gasteiger partial charge in [-0.3, -0.25) is 9.59 Å². The second kappa shape index (κ2) is 5.96. The van der Waals surface area contributed by atoms with E-state index < -0.39 is 22.7 Å². The molecular formula is C8H13BrO4. The van der Waals surface area contributed by atoms with Gasteiger partial charge in [-0.05, 0) is 6.42 Å². The highest BCUT2D eigenvalue weighted by molar-refractivity contribution is 9.10. The lowest BCUT2D eigenvalue weighted by atomic mass is 10.0. The van der Waals surface area contributed by atoms with Gasteiger partial charge in [0.1, 0.15) is 4.83 Å². The molecule has 0 amide bonds. The number of alkyl halides is 1. The third kappa shape index (κ3) is 3.34. The largest absolute Gasteiger partial charge is 0.469 e. The summed E-state index contributed by atoms with van der Waals surface area (Å²) >= 11 is 3.10. The molecule has 76 valence electrons. The average molecular weight is 253 g/mol. The summed E-state index contributed by atoms with van der Waals surface area (Å²) < 4.78 is 9.04. The highest BCUT2D eigenvalue weighted by Crippen LogP contribution is 2.19. The summed E-state index contributed by atoms with van der Waals surface area (Å²) in [6.07, 6.45) is 0.525. The summed E-state index contributed by atoms with van der Waals surface area (Å²) in [4.78, 5) is 21.6. The van der Waals surface area contributed by atoms with Crippen LogP contribution in [0.25, 0.3) is 0 Å². The van der Waals surface area contributed by atoms with E-state index >= 15 is 0 Å². The summed E-state index contributed by atoms with van der Waals surface area (Å²) in [5, 5.41) is 0. The van der Waals surface area contributed by atoms with Crippen LogP contribution in [0.1, 0.15) is 13.3 Å². The van der Waals surface area contributed by atoms with Crippen molar-refractivity contribution >= 4 is 27.9 Å². The van der Waals surface area contributed by atoms with Crippen molar-refractivity contribution in [3.8, 4) is 0 Å². The van der Waals surface area contributed by atoms with Gasteiger partial charge in [-0.1, -0.05) is 22.9 Å². The van der Waals surface area contributed by atoms with E-state index in [4.69, 9.17) is 0 Å². The first kappa shape index (κ1) is 12.4. The fraction of sp³-hybridized carbons (Fsp3) is 0.750. The maximum Gasteiger partial charge on any atom is 0.320 e. The molecule has 2 atom stereocenters. The first-order valence-corrected chi connectivity index (χ1v) is 4.79. The van der Waals surface area contributed by atoms with E-state index in [1.807, 2.05) is 0 Å². The third-order valence-corrected chi connectivity index (χ3v) is 2.74. The van der Waals surface area contributed by atoms with Crippen LogP contribution in [0.5, 0.6) is 0 Å². The third-order valence-electron chi connectivity index (χ3n) is 1.72. The van der Waals surface area contributed by atoms with Gasteiger partial charge in [-0.2, -0.15) is 0 Å². The molecule has 0 N–H and O–H groups in total. The Labute approximate surface area is 85.7 Å². The van der Waals surface area contributed by atoms with Gasteiger partial charge in [0.2, 0.25) is 0 Å². The Morgan fingerprint density at radius 3 is 2.00 bits per heavy atom. The van der Waals surface area contributed by atoms with Crippen LogP contribution in [0.3, 0.4) is 0 Å². The molecule has 0 aromatic rings. The topological polar surface area (TPSA) is 52.6 Å². The normalized spacial score (nSPS) is 14.5. The number of esters is 2. The summed E-state index contributed by atoms with van der Waals surface area (Å²) in [6, 6.07) is 0. The Bertz CT molecular complexity index is 193. The van der Waals surface area contributed by atoms with Gasteiger partial charge in [0.15, 0.2) is 0 Å². The molecule has 1 unspecified atom stereocenters. The van der Waals surface area contributed by atoms with Crippen molar-refractivity contribution in [2.75, 3.05) is 14.2 Å². The van der Waals surface area contributed by atoms with E-state index in [2.05, 4.69) is 25.4 Å². The standard InChI is InChI=1S/C8H13BrO4/c1-4-5(7(10)12-2)6(9)8(11)13-3/h5-6H,4H2,1-3H3/t5-,6?/m0/s1. The quantitative estimate of drug-likeness (QED) is 0.556. The van der Waals surface area contributed by atoms with Crippen molar-refractivity contribution in [3.05, 3.63) is 0 Å². The molecule has 0 radical (unpaired) electrons. The van der Waals surface area contributed by atoms with Crippen molar-refractivity contribution in [1.29, 1.82) is 0 Å². The first-order valence-electron chi connectivity index (χ1n) is 3.88. The van der Waals surface area contributed by atoms with E-state index in [9.17, 15) is 9.59 Å². The zero-order valence-electron chi connectivity index (χ0n) is 7.87. The lowest BCUT2D eigenvalue weighted by Crippen LogP contribution is -2.31. The van der Waals surface area contributed by atoms with Crippen LogP contribution in [0.2, 0.25) is 0 Å². The summed E-state index contributed by atoms with van der Waals surface area (Å²) in [7, 11) is 2.57. The lowest BCUT2D eigenvalue weighted by Gasteiger charge is -2.16. The van der Waals surface area contributed by atoms with E-state index in [-0.39, 0.29) is 0 Å². The van der Waals surface area contributed by atoms with Gasteiger partial charge in [-0.15, -0.1) is 0 Å². The molecule has 0 aromatic carbocycles. The average Bonchev–Trinajstić information content (AvgIpc) is 2.17. The van der Waals surface area contributed by atoms with Crippen LogP contribution in [-0.2, 0) is 19.1 Å². The van der Waals surface area contributed by atoms with Crippen LogP contribution in [0.15, 0.2) is 0 Å². The molecule has 0 saturated carbocycles. The molecule has 0 aliphatic heterocycles. The second-order valence-corrected chi connectivity index (χ2v) is 3.45. The van der Waals surface area contributed by atoms with E-state index in [0.29, 0.717) is 6.42 Å². The number of carbonyl (C=O) groups is 2. The highest BCUT2D eigenvalue weighted by Gasteiger charge is 2.31. The van der Waals surface area contributed by atoms with Gasteiger partial charge in [0.25, 0.3) is 0 Å². The smallest absolute Gasteiger partial charge is 0.320 e. The minimum atomic E-state index is -0.630. The fourth-order valence-electron chi connectivity index (χ4n) is 0.921. The molecule has 0 heterocycles. The molecule has 0 rings (SSSR count). The Morgan fingerprint density at radius 1 is 1.23 bits per heavy atom. The number of hydrogen-bond donors (Lipinski definition) is 0. The maximum atomic E-state index is 11.1. The highest BCUT2D eigenvalue weighted by atomic mass is 79.9. The van der Waals surface area contributed by atoms with E-state index in [0.717, 1.165) is 0 Å². The van der Waals surface area contributed by atoms with E-state index in [1.165, 1.54) is 14.2 Å². The number of ether oxygens (including phenoxy) is 2. The Morgan fingerprint density at radius 2 is 1.69 bits per heavy atom. The van der Waals surface area contributed by atoms with Crippen molar-refractivity contribution in [3.63, 3.8) is 0 Å². The summed E-state index contributed by atoms with van der Waals surface area (Å²) in [5.41, 5.74) is 0. The number of carbonyl (C=O) groups excluding carboxylic acids is 2. The molecule has 4 nitrogen and oxygen atoms in total. The summed E-state index contributed by atoms with van der Waals surface area (Å²) in [5.74, 6) is -1.36. The van der Waals surface area contributed by atoms with E-state index in [1.54, 1.807) is 6.92 Å². The van der Waals surface area contributed by atoms with Gasteiger partial charge < -0.3 is 9.47 Å². The van der Waals surface area contributed by atoms with Crippen LogP contribution >= 0.6 is 15.9 Å². The Kier molecular flexibility index (Phi) is 5.70. The lowest BCUT2D eigenvalue weighted by molar-refractivity contribution is -0.151. The van der Waals surface area contributed by atoms with Gasteiger partial charge in [0, 0.05) is 0 Å². The van der Waals surface area contributed by atoms with Crippen molar-refractivity contribution in [1.82, 2.24) is 0 Å². The maximum absolute atomic E-state index is 11.1. The monoisotopic (exact) mass is 252 g/mol. The SMILES string of the molecule is CC[C@H](C(=O)OC)C(Br)C(=O)OC. The van der Waals surface area contributed by atoms with Gasteiger partial charge in [0.05, 0.1) is 20.1 Å². The number of rotatable bonds is 4. The first-order chi connectivity index (χ1) is 6.08. The summed E-state index contributed by atoms with van der Waals surface area (Å²) in [6.45, 7) is 1.80. The van der Waals surface area contributed by atoms with Crippen molar-refractivity contribution in [2.45, 2.75) is 18.2 Å². The minimum absolute atomic E-state index is 0.408. The molecule has 0 bridgehead atoms. The molecule has 0 aliphatic carbocycles. The molecule has 0 fully saturated rings. The van der Waals surface area contributed by atoms with Crippen LogP contribution in [0, 0.1) is 5.92 Å². The molecule has 0 aromatic heterocycles. The number of hydrogen-bond acceptors (Lipinski definition) is 4. The number of methoxy groups -OCH3 is 2. The predicted molar refractivity (Wildman–Crippen MR) is 50.5 cm³/mol. The zero-order valence-corrected chi connectivity index (χ0v) is 9.46. The van der Waals surface area contributed by atoms with Gasteiger partial charge in [-0.25, -0.2) is 0 Å². The second-order valence-electron chi connectivity index (χ2n) is 2.46. The molecule has 0 aliphatic rings. The molecular weight excluding hydrogens is 240 g/mol. The van der Waals surface area contributed by atoms with Crippen LogP contribution in [-0.4, -0.2) is 31.0 Å². The Balaban J connectivity index is 4.39. The molecule has 0 saturated heterocycles. The fourth-order valence-corrected chi connectivity index (χ4v) is 1.70. The van der Waals surface area contributed by atoms with Crippen molar-refractivity contribution < 1.29 is 19.1 Å². The van der Waals surface area contributed by atoms with Crippen molar-refractivity contribution in [2.24, 2.45) is 5.92 Å².